The Kier molecular flexibility index (Phi) is 4.39. The molecule has 3 nitrogen and oxygen atoms in total. The molecular formula is C11H21NO2. The van der Waals surface area contributed by atoms with Gasteiger partial charge < -0.3 is 10.1 Å². The van der Waals surface area contributed by atoms with Gasteiger partial charge in [0.15, 0.2) is 0 Å². The molecule has 1 rings (SSSR count). The summed E-state index contributed by atoms with van der Waals surface area (Å²) in [5, 5.41) is 3.22. The maximum atomic E-state index is 11.7. The van der Waals surface area contributed by atoms with Crippen LogP contribution in [0.4, 0.5) is 0 Å². The summed E-state index contributed by atoms with van der Waals surface area (Å²) in [6.07, 6.45) is 2.08. The minimum absolute atomic E-state index is 0.0293. The molecule has 1 aliphatic heterocycles. The van der Waals surface area contributed by atoms with Crippen LogP contribution in [-0.4, -0.2) is 25.2 Å². The summed E-state index contributed by atoms with van der Waals surface area (Å²) < 4.78 is 5.37. The molecule has 0 saturated carbocycles. The average Bonchev–Trinajstić information content (AvgIpc) is 2.19. The average molecular weight is 199 g/mol. The number of esters is 1. The molecule has 0 aromatic rings. The number of ether oxygens (including phenoxy) is 1. The van der Waals surface area contributed by atoms with E-state index in [1.807, 2.05) is 6.92 Å². The second kappa shape index (κ2) is 5.35. The summed E-state index contributed by atoms with van der Waals surface area (Å²) >= 11 is 0. The maximum Gasteiger partial charge on any atom is 0.310 e. The number of hydrogen-bond donors (Lipinski definition) is 1. The summed E-state index contributed by atoms with van der Waals surface area (Å²) in [7, 11) is 0. The third-order valence-corrected chi connectivity index (χ3v) is 2.87. The van der Waals surface area contributed by atoms with Crippen molar-refractivity contribution < 1.29 is 9.53 Å². The fourth-order valence-electron chi connectivity index (χ4n) is 1.47. The van der Waals surface area contributed by atoms with Crippen LogP contribution in [-0.2, 0) is 9.53 Å². The van der Waals surface area contributed by atoms with Gasteiger partial charge in [-0.1, -0.05) is 13.8 Å². The van der Waals surface area contributed by atoms with E-state index in [4.69, 9.17) is 4.74 Å². The topological polar surface area (TPSA) is 38.3 Å². The standard InChI is InChI=1S/C11H21NO2/c1-8(2)9(3)14-11(13)10-5-4-6-12-7-10/h8-10,12H,4-7H2,1-3H3. The van der Waals surface area contributed by atoms with Crippen molar-refractivity contribution in [1.29, 1.82) is 0 Å². The van der Waals surface area contributed by atoms with E-state index in [1.54, 1.807) is 0 Å². The smallest absolute Gasteiger partial charge is 0.310 e. The summed E-state index contributed by atoms with van der Waals surface area (Å²) in [6.45, 7) is 7.90. The highest BCUT2D eigenvalue weighted by atomic mass is 16.5. The molecule has 2 atom stereocenters. The second-order valence-corrected chi connectivity index (χ2v) is 4.43. The molecule has 1 saturated heterocycles. The third kappa shape index (κ3) is 3.29. The molecule has 82 valence electrons. The van der Waals surface area contributed by atoms with Crippen molar-refractivity contribution >= 4 is 5.97 Å². The highest BCUT2D eigenvalue weighted by molar-refractivity contribution is 5.73. The Morgan fingerprint density at radius 3 is 2.64 bits per heavy atom. The Hall–Kier alpha value is -0.570. The fourth-order valence-corrected chi connectivity index (χ4v) is 1.47. The molecule has 14 heavy (non-hydrogen) atoms. The number of hydrogen-bond acceptors (Lipinski definition) is 3. The Morgan fingerprint density at radius 1 is 1.43 bits per heavy atom. The number of carbonyl (C=O) groups excluding carboxylic acids is 1. The lowest BCUT2D eigenvalue weighted by Gasteiger charge is -2.24. The molecule has 0 amide bonds. The van der Waals surface area contributed by atoms with Crippen molar-refractivity contribution in [2.75, 3.05) is 13.1 Å². The molecule has 0 spiro atoms. The molecule has 0 radical (unpaired) electrons. The van der Waals surface area contributed by atoms with Crippen LogP contribution < -0.4 is 5.32 Å². The van der Waals surface area contributed by atoms with E-state index in [9.17, 15) is 4.79 Å². The molecular weight excluding hydrogens is 178 g/mol. The van der Waals surface area contributed by atoms with Crippen LogP contribution in [0.25, 0.3) is 0 Å². The molecule has 0 aliphatic carbocycles. The first-order valence-corrected chi connectivity index (χ1v) is 5.52. The SMILES string of the molecule is CC(C)C(C)OC(=O)C1CCCNC1. The normalized spacial score (nSPS) is 24.7. The molecule has 0 bridgehead atoms. The van der Waals surface area contributed by atoms with E-state index in [0.29, 0.717) is 5.92 Å². The number of rotatable bonds is 3. The van der Waals surface area contributed by atoms with Crippen LogP contribution in [0.3, 0.4) is 0 Å². The van der Waals surface area contributed by atoms with Gasteiger partial charge in [-0.25, -0.2) is 0 Å². The maximum absolute atomic E-state index is 11.7. The largest absolute Gasteiger partial charge is 0.462 e. The van der Waals surface area contributed by atoms with Gasteiger partial charge in [-0.3, -0.25) is 4.79 Å². The Morgan fingerprint density at radius 2 is 2.14 bits per heavy atom. The molecule has 0 aromatic carbocycles. The molecule has 0 aromatic heterocycles. The minimum Gasteiger partial charge on any atom is -0.462 e. The third-order valence-electron chi connectivity index (χ3n) is 2.87. The zero-order valence-corrected chi connectivity index (χ0v) is 9.38. The van der Waals surface area contributed by atoms with Gasteiger partial charge >= 0.3 is 5.97 Å². The zero-order chi connectivity index (χ0) is 10.6. The molecule has 1 N–H and O–H groups in total. The van der Waals surface area contributed by atoms with Crippen molar-refractivity contribution in [2.24, 2.45) is 11.8 Å². The highest BCUT2D eigenvalue weighted by Gasteiger charge is 2.24. The summed E-state index contributed by atoms with van der Waals surface area (Å²) in [6, 6.07) is 0. The van der Waals surface area contributed by atoms with Gasteiger partial charge in [0.1, 0.15) is 6.10 Å². The molecule has 1 heterocycles. The number of nitrogens with one attached hydrogen (secondary N) is 1. The van der Waals surface area contributed by atoms with Crippen LogP contribution in [0.15, 0.2) is 0 Å². The van der Waals surface area contributed by atoms with Crippen LogP contribution in [0.2, 0.25) is 0 Å². The molecule has 2 unspecified atom stereocenters. The van der Waals surface area contributed by atoms with E-state index in [-0.39, 0.29) is 18.0 Å². The van der Waals surface area contributed by atoms with Crippen molar-refractivity contribution in [3.05, 3.63) is 0 Å². The minimum atomic E-state index is -0.0293. The highest BCUT2D eigenvalue weighted by Crippen LogP contribution is 2.14. The van der Waals surface area contributed by atoms with E-state index in [1.165, 1.54) is 0 Å². The van der Waals surface area contributed by atoms with Crippen molar-refractivity contribution in [3.63, 3.8) is 0 Å². The second-order valence-electron chi connectivity index (χ2n) is 4.43. The molecule has 1 fully saturated rings. The van der Waals surface area contributed by atoms with Gasteiger partial charge in [0.25, 0.3) is 0 Å². The zero-order valence-electron chi connectivity index (χ0n) is 9.38. The van der Waals surface area contributed by atoms with E-state index >= 15 is 0 Å². The summed E-state index contributed by atoms with van der Waals surface area (Å²) in [5.74, 6) is 0.443. The van der Waals surface area contributed by atoms with E-state index in [0.717, 1.165) is 25.9 Å². The van der Waals surface area contributed by atoms with Gasteiger partial charge in [-0.2, -0.15) is 0 Å². The van der Waals surface area contributed by atoms with E-state index in [2.05, 4.69) is 19.2 Å². The van der Waals surface area contributed by atoms with Gasteiger partial charge in [0, 0.05) is 6.54 Å². The van der Waals surface area contributed by atoms with Crippen LogP contribution >= 0.6 is 0 Å². The van der Waals surface area contributed by atoms with Crippen LogP contribution in [0.1, 0.15) is 33.6 Å². The van der Waals surface area contributed by atoms with Crippen LogP contribution in [0, 0.1) is 11.8 Å². The van der Waals surface area contributed by atoms with Gasteiger partial charge in [-0.15, -0.1) is 0 Å². The Balaban J connectivity index is 2.33. The lowest BCUT2D eigenvalue weighted by molar-refractivity contribution is -0.155. The summed E-state index contributed by atoms with van der Waals surface area (Å²) in [5.41, 5.74) is 0. The number of piperidine rings is 1. The van der Waals surface area contributed by atoms with Gasteiger partial charge in [0.2, 0.25) is 0 Å². The van der Waals surface area contributed by atoms with Gasteiger partial charge in [0.05, 0.1) is 5.92 Å². The van der Waals surface area contributed by atoms with Crippen molar-refractivity contribution in [1.82, 2.24) is 5.32 Å². The molecule has 3 heteroatoms. The first-order valence-electron chi connectivity index (χ1n) is 5.52. The van der Waals surface area contributed by atoms with Crippen molar-refractivity contribution in [2.45, 2.75) is 39.7 Å². The predicted molar refractivity (Wildman–Crippen MR) is 56.0 cm³/mol. The Labute approximate surface area is 86.2 Å². The fraction of sp³-hybridized carbons (Fsp3) is 0.909. The lowest BCUT2D eigenvalue weighted by atomic mass is 10.00. The number of carbonyl (C=O) groups is 1. The lowest BCUT2D eigenvalue weighted by Crippen LogP contribution is -2.37. The first kappa shape index (κ1) is 11.5. The van der Waals surface area contributed by atoms with Gasteiger partial charge in [-0.05, 0) is 32.2 Å². The Bertz CT molecular complexity index is 186. The summed E-state index contributed by atoms with van der Waals surface area (Å²) in [4.78, 5) is 11.7. The molecule has 1 aliphatic rings. The monoisotopic (exact) mass is 199 g/mol. The first-order chi connectivity index (χ1) is 6.61. The van der Waals surface area contributed by atoms with Crippen LogP contribution in [0.5, 0.6) is 0 Å². The van der Waals surface area contributed by atoms with Crippen molar-refractivity contribution in [3.8, 4) is 0 Å². The van der Waals surface area contributed by atoms with E-state index < -0.39 is 0 Å². The quantitative estimate of drug-likeness (QED) is 0.701. The predicted octanol–water partition coefficient (Wildman–Crippen LogP) is 1.57.